The van der Waals surface area contributed by atoms with Gasteiger partial charge in [0.2, 0.25) is 0 Å². The molecule has 0 spiro atoms. The molecule has 1 N–H and O–H groups in total. The zero-order valence-electron chi connectivity index (χ0n) is 11.1. The molecule has 1 aliphatic carbocycles. The molecule has 0 heterocycles. The minimum atomic E-state index is -4.66. The zero-order chi connectivity index (χ0) is 14.9. The summed E-state index contributed by atoms with van der Waals surface area (Å²) in [5.74, 6) is -0.611. The third-order valence-corrected chi connectivity index (χ3v) is 3.58. The van der Waals surface area contributed by atoms with Crippen LogP contribution in [0, 0.1) is 0 Å². The molecule has 0 aromatic rings. The van der Waals surface area contributed by atoms with Crippen LogP contribution in [0.2, 0.25) is 0 Å². The second-order valence-electron chi connectivity index (χ2n) is 5.50. The SMILES string of the molecule is C=C(C)C(=O)OC1(C)CCCC(O)(C(F)(F)F)CC1. The molecule has 1 fully saturated rings. The fraction of sp³-hybridized carbons (Fsp3) is 0.769. The van der Waals surface area contributed by atoms with Gasteiger partial charge in [0.15, 0.2) is 5.60 Å². The van der Waals surface area contributed by atoms with E-state index in [0.717, 1.165) is 0 Å². The van der Waals surface area contributed by atoms with E-state index in [2.05, 4.69) is 6.58 Å². The molecule has 0 aliphatic heterocycles. The standard InChI is InChI=1S/C13H19F3O3/c1-9(2)10(17)19-11(3)5-4-6-12(18,8-7-11)13(14,15)16/h18H,1,4-8H2,2-3H3. The van der Waals surface area contributed by atoms with Crippen LogP contribution in [-0.4, -0.2) is 28.5 Å². The van der Waals surface area contributed by atoms with Gasteiger partial charge in [-0.3, -0.25) is 0 Å². The van der Waals surface area contributed by atoms with Crippen LogP contribution in [0.5, 0.6) is 0 Å². The summed E-state index contributed by atoms with van der Waals surface area (Å²) in [6.07, 6.45) is -5.06. The van der Waals surface area contributed by atoms with E-state index in [1.807, 2.05) is 0 Å². The summed E-state index contributed by atoms with van der Waals surface area (Å²) in [7, 11) is 0. The molecule has 0 amide bonds. The van der Waals surface area contributed by atoms with Gasteiger partial charge in [-0.2, -0.15) is 13.2 Å². The Hall–Kier alpha value is -1.04. The van der Waals surface area contributed by atoms with Gasteiger partial charge in [0.05, 0.1) is 0 Å². The summed E-state index contributed by atoms with van der Waals surface area (Å²) < 4.78 is 43.5. The summed E-state index contributed by atoms with van der Waals surface area (Å²) >= 11 is 0. The maximum Gasteiger partial charge on any atom is 0.417 e. The van der Waals surface area contributed by atoms with Crippen molar-refractivity contribution in [3.63, 3.8) is 0 Å². The maximum atomic E-state index is 12.8. The van der Waals surface area contributed by atoms with Crippen molar-refractivity contribution in [2.24, 2.45) is 0 Å². The van der Waals surface area contributed by atoms with Gasteiger partial charge in [-0.1, -0.05) is 6.58 Å². The van der Waals surface area contributed by atoms with Gasteiger partial charge in [0, 0.05) is 5.57 Å². The van der Waals surface area contributed by atoms with E-state index in [9.17, 15) is 23.1 Å². The van der Waals surface area contributed by atoms with Crippen LogP contribution < -0.4 is 0 Å². The molecule has 3 nitrogen and oxygen atoms in total. The number of rotatable bonds is 2. The Labute approximate surface area is 110 Å². The molecule has 110 valence electrons. The lowest BCUT2D eigenvalue weighted by Crippen LogP contribution is -2.45. The average Bonchev–Trinajstić information content (AvgIpc) is 2.39. The highest BCUT2D eigenvalue weighted by Gasteiger charge is 2.55. The molecule has 0 bridgehead atoms. The first-order chi connectivity index (χ1) is 8.49. The van der Waals surface area contributed by atoms with Gasteiger partial charge < -0.3 is 9.84 Å². The van der Waals surface area contributed by atoms with Crippen molar-refractivity contribution >= 4 is 5.97 Å². The molecule has 0 saturated heterocycles. The highest BCUT2D eigenvalue weighted by molar-refractivity contribution is 5.87. The number of aliphatic hydroxyl groups is 1. The van der Waals surface area contributed by atoms with E-state index in [1.54, 1.807) is 6.92 Å². The van der Waals surface area contributed by atoms with Crippen molar-refractivity contribution in [3.8, 4) is 0 Å². The Morgan fingerprint density at radius 3 is 2.32 bits per heavy atom. The molecule has 19 heavy (non-hydrogen) atoms. The van der Waals surface area contributed by atoms with Crippen LogP contribution in [0.25, 0.3) is 0 Å². The molecule has 0 aromatic carbocycles. The Kier molecular flexibility index (Phi) is 4.34. The van der Waals surface area contributed by atoms with Crippen molar-refractivity contribution < 1.29 is 27.8 Å². The van der Waals surface area contributed by atoms with Crippen LogP contribution in [0.15, 0.2) is 12.2 Å². The summed E-state index contributed by atoms with van der Waals surface area (Å²) in [5.41, 5.74) is -3.46. The van der Waals surface area contributed by atoms with Crippen LogP contribution in [-0.2, 0) is 9.53 Å². The number of halogens is 3. The lowest BCUT2D eigenvalue weighted by atomic mass is 9.92. The van der Waals surface area contributed by atoms with Gasteiger partial charge in [-0.15, -0.1) is 0 Å². The third kappa shape index (κ3) is 3.72. The van der Waals surface area contributed by atoms with Crippen LogP contribution >= 0.6 is 0 Å². The predicted molar refractivity (Wildman–Crippen MR) is 63.4 cm³/mol. The molecule has 6 heteroatoms. The Morgan fingerprint density at radius 1 is 1.26 bits per heavy atom. The summed E-state index contributed by atoms with van der Waals surface area (Å²) in [6, 6.07) is 0. The zero-order valence-corrected chi connectivity index (χ0v) is 11.1. The number of ether oxygens (including phenoxy) is 1. The lowest BCUT2D eigenvalue weighted by Gasteiger charge is -2.31. The molecule has 0 aromatic heterocycles. The van der Waals surface area contributed by atoms with Crippen LogP contribution in [0.3, 0.4) is 0 Å². The first kappa shape index (κ1) is 16.0. The van der Waals surface area contributed by atoms with Crippen molar-refractivity contribution in [1.82, 2.24) is 0 Å². The van der Waals surface area contributed by atoms with Crippen LogP contribution in [0.1, 0.15) is 46.0 Å². The highest BCUT2D eigenvalue weighted by Crippen LogP contribution is 2.43. The van der Waals surface area contributed by atoms with Crippen molar-refractivity contribution in [2.75, 3.05) is 0 Å². The molecule has 2 unspecified atom stereocenters. The van der Waals surface area contributed by atoms with E-state index in [4.69, 9.17) is 4.74 Å². The van der Waals surface area contributed by atoms with Gasteiger partial charge in [-0.05, 0) is 46.0 Å². The molecule has 1 rings (SSSR count). The van der Waals surface area contributed by atoms with E-state index < -0.39 is 29.8 Å². The van der Waals surface area contributed by atoms with Gasteiger partial charge in [0.25, 0.3) is 0 Å². The van der Waals surface area contributed by atoms with Gasteiger partial charge in [0.1, 0.15) is 5.60 Å². The quantitative estimate of drug-likeness (QED) is 0.480. The van der Waals surface area contributed by atoms with Crippen molar-refractivity contribution in [2.45, 2.75) is 63.3 Å². The van der Waals surface area contributed by atoms with E-state index in [0.29, 0.717) is 6.42 Å². The monoisotopic (exact) mass is 280 g/mol. The van der Waals surface area contributed by atoms with Crippen molar-refractivity contribution in [3.05, 3.63) is 12.2 Å². The number of esters is 1. The van der Waals surface area contributed by atoms with E-state index >= 15 is 0 Å². The van der Waals surface area contributed by atoms with Crippen molar-refractivity contribution in [1.29, 1.82) is 0 Å². The normalized spacial score (nSPS) is 32.5. The number of carbonyl (C=O) groups is 1. The largest absolute Gasteiger partial charge is 0.456 e. The minimum Gasteiger partial charge on any atom is -0.456 e. The molecule has 1 aliphatic rings. The molecule has 2 atom stereocenters. The Bertz CT molecular complexity index is 378. The second-order valence-corrected chi connectivity index (χ2v) is 5.50. The third-order valence-electron chi connectivity index (χ3n) is 3.58. The molecule has 0 radical (unpaired) electrons. The fourth-order valence-corrected chi connectivity index (χ4v) is 2.17. The first-order valence-corrected chi connectivity index (χ1v) is 6.17. The molecular formula is C13H19F3O3. The van der Waals surface area contributed by atoms with Crippen LogP contribution in [0.4, 0.5) is 13.2 Å². The smallest absolute Gasteiger partial charge is 0.417 e. The van der Waals surface area contributed by atoms with Gasteiger partial charge >= 0.3 is 12.1 Å². The highest BCUT2D eigenvalue weighted by atomic mass is 19.4. The van der Waals surface area contributed by atoms with E-state index in [1.165, 1.54) is 6.92 Å². The Morgan fingerprint density at radius 2 is 1.84 bits per heavy atom. The number of carbonyl (C=O) groups excluding carboxylic acids is 1. The maximum absolute atomic E-state index is 12.8. The van der Waals surface area contributed by atoms with Gasteiger partial charge in [-0.25, -0.2) is 4.79 Å². The number of alkyl halides is 3. The van der Waals surface area contributed by atoms with E-state index in [-0.39, 0.29) is 24.8 Å². The molecular weight excluding hydrogens is 261 g/mol. The fourth-order valence-electron chi connectivity index (χ4n) is 2.17. The predicted octanol–water partition coefficient (Wildman–Crippen LogP) is 3.12. The number of hydrogen-bond acceptors (Lipinski definition) is 3. The Balaban J connectivity index is 2.78. The second kappa shape index (κ2) is 5.15. The summed E-state index contributed by atoms with van der Waals surface area (Å²) in [4.78, 5) is 11.5. The topological polar surface area (TPSA) is 46.5 Å². The molecule has 1 saturated carbocycles. The minimum absolute atomic E-state index is 0.0258. The summed E-state index contributed by atoms with van der Waals surface area (Å²) in [5, 5.41) is 9.68. The lowest BCUT2D eigenvalue weighted by molar-refractivity contribution is -0.265. The first-order valence-electron chi connectivity index (χ1n) is 6.17. The number of hydrogen-bond donors (Lipinski definition) is 1. The average molecular weight is 280 g/mol. The summed E-state index contributed by atoms with van der Waals surface area (Å²) in [6.45, 7) is 6.51.